The van der Waals surface area contributed by atoms with Crippen LogP contribution in [0.2, 0.25) is 0 Å². The molecule has 6 heteroatoms. The van der Waals surface area contributed by atoms with E-state index in [1.165, 1.54) is 17.2 Å². The first-order valence-corrected chi connectivity index (χ1v) is 12.9. The standard InChI is InChI=1S/C31H37FN2O3/c1-22(2)17-34(31(35)28-7-5-6-8-30(28)32)20-25-19-33(18-23-9-13-26(36-3)14-10-23)21-29(25)24-11-15-27(37-4)16-12-24/h5-16,22,25,29H,17-21H2,1-4H3. The predicted octanol–water partition coefficient (Wildman–Crippen LogP) is 5.86. The number of methoxy groups -OCH3 is 2. The Labute approximate surface area is 219 Å². The van der Waals surface area contributed by atoms with Crippen molar-refractivity contribution >= 4 is 5.91 Å². The second kappa shape index (κ2) is 12.2. The van der Waals surface area contributed by atoms with Gasteiger partial charge in [-0.1, -0.05) is 50.2 Å². The summed E-state index contributed by atoms with van der Waals surface area (Å²) < 4.78 is 25.2. The van der Waals surface area contributed by atoms with Crippen LogP contribution in [-0.4, -0.2) is 56.1 Å². The zero-order valence-electron chi connectivity index (χ0n) is 22.2. The van der Waals surface area contributed by atoms with Gasteiger partial charge in [0, 0.05) is 38.6 Å². The number of hydrogen-bond donors (Lipinski definition) is 0. The number of benzene rings is 3. The molecule has 0 aliphatic carbocycles. The van der Waals surface area contributed by atoms with E-state index in [0.29, 0.717) is 13.1 Å². The third kappa shape index (κ3) is 6.69. The molecule has 4 rings (SSSR count). The molecule has 196 valence electrons. The van der Waals surface area contributed by atoms with E-state index in [2.05, 4.69) is 43.0 Å². The fourth-order valence-electron chi connectivity index (χ4n) is 5.26. The molecule has 1 aliphatic rings. The molecule has 2 atom stereocenters. The van der Waals surface area contributed by atoms with Gasteiger partial charge >= 0.3 is 0 Å². The first-order chi connectivity index (χ1) is 17.9. The zero-order chi connectivity index (χ0) is 26.4. The maximum Gasteiger partial charge on any atom is 0.256 e. The molecule has 1 aliphatic heterocycles. The van der Waals surface area contributed by atoms with Gasteiger partial charge in [-0.25, -0.2) is 4.39 Å². The Hall–Kier alpha value is -3.38. The summed E-state index contributed by atoms with van der Waals surface area (Å²) in [5.41, 5.74) is 2.58. The van der Waals surface area contributed by atoms with Gasteiger partial charge in [-0.15, -0.1) is 0 Å². The summed E-state index contributed by atoms with van der Waals surface area (Å²) in [6, 6.07) is 22.7. The lowest BCUT2D eigenvalue weighted by Gasteiger charge is -2.30. The molecule has 3 aromatic rings. The van der Waals surface area contributed by atoms with Crippen molar-refractivity contribution in [2.24, 2.45) is 11.8 Å². The normalized spacial score (nSPS) is 17.7. The summed E-state index contributed by atoms with van der Waals surface area (Å²) in [6.07, 6.45) is 0. The second-order valence-corrected chi connectivity index (χ2v) is 10.3. The van der Waals surface area contributed by atoms with Crippen LogP contribution in [0.15, 0.2) is 72.8 Å². The number of amides is 1. The number of ether oxygens (including phenoxy) is 2. The van der Waals surface area contributed by atoms with E-state index in [9.17, 15) is 9.18 Å². The third-order valence-corrected chi connectivity index (χ3v) is 7.06. The average molecular weight is 505 g/mol. The van der Waals surface area contributed by atoms with Gasteiger partial charge in [-0.3, -0.25) is 9.69 Å². The minimum atomic E-state index is -0.472. The van der Waals surface area contributed by atoms with Gasteiger partial charge in [-0.2, -0.15) is 0 Å². The molecule has 1 fully saturated rings. The summed E-state index contributed by atoms with van der Waals surface area (Å²) in [5.74, 6) is 1.68. The van der Waals surface area contributed by atoms with Crippen molar-refractivity contribution in [3.8, 4) is 11.5 Å². The lowest BCUT2D eigenvalue weighted by Crippen LogP contribution is -2.40. The Kier molecular flexibility index (Phi) is 8.82. The lowest BCUT2D eigenvalue weighted by molar-refractivity contribution is 0.0698. The highest BCUT2D eigenvalue weighted by atomic mass is 19.1. The van der Waals surface area contributed by atoms with E-state index in [1.807, 2.05) is 29.2 Å². The quantitative estimate of drug-likeness (QED) is 0.347. The lowest BCUT2D eigenvalue weighted by atomic mass is 9.88. The van der Waals surface area contributed by atoms with Gasteiger partial charge in [0.1, 0.15) is 17.3 Å². The smallest absolute Gasteiger partial charge is 0.256 e. The molecule has 2 unspecified atom stereocenters. The van der Waals surface area contributed by atoms with Crippen molar-refractivity contribution in [3.63, 3.8) is 0 Å². The van der Waals surface area contributed by atoms with Crippen molar-refractivity contribution in [2.45, 2.75) is 26.3 Å². The Morgan fingerprint density at radius 1 is 0.946 bits per heavy atom. The number of halogens is 1. The molecule has 0 spiro atoms. The maximum absolute atomic E-state index is 14.5. The Morgan fingerprint density at radius 2 is 1.57 bits per heavy atom. The highest BCUT2D eigenvalue weighted by Gasteiger charge is 2.36. The molecule has 0 radical (unpaired) electrons. The second-order valence-electron chi connectivity index (χ2n) is 10.3. The zero-order valence-corrected chi connectivity index (χ0v) is 22.2. The first-order valence-electron chi connectivity index (χ1n) is 12.9. The summed E-state index contributed by atoms with van der Waals surface area (Å²) in [7, 11) is 3.34. The van der Waals surface area contributed by atoms with Crippen molar-refractivity contribution in [3.05, 3.63) is 95.3 Å². The van der Waals surface area contributed by atoms with Crippen LogP contribution in [0.25, 0.3) is 0 Å². The molecule has 0 bridgehead atoms. The molecule has 5 nitrogen and oxygen atoms in total. The molecule has 0 aromatic heterocycles. The SMILES string of the molecule is COc1ccc(CN2CC(CN(CC(C)C)C(=O)c3ccccc3F)C(c3ccc(OC)cc3)C2)cc1. The molecule has 37 heavy (non-hydrogen) atoms. The average Bonchev–Trinajstić information content (AvgIpc) is 3.30. The van der Waals surface area contributed by atoms with E-state index in [4.69, 9.17) is 9.47 Å². The number of carbonyl (C=O) groups is 1. The van der Waals surface area contributed by atoms with Crippen molar-refractivity contribution in [1.82, 2.24) is 9.80 Å². The summed E-state index contributed by atoms with van der Waals surface area (Å²) in [4.78, 5) is 17.8. The monoisotopic (exact) mass is 504 g/mol. The van der Waals surface area contributed by atoms with Crippen LogP contribution in [0.3, 0.4) is 0 Å². The molecule has 3 aromatic carbocycles. The molecular formula is C31H37FN2O3. The summed E-state index contributed by atoms with van der Waals surface area (Å²) in [6.45, 7) is 7.88. The number of likely N-dealkylation sites (tertiary alicyclic amines) is 1. The van der Waals surface area contributed by atoms with E-state index >= 15 is 0 Å². The third-order valence-electron chi connectivity index (χ3n) is 7.06. The van der Waals surface area contributed by atoms with Gasteiger partial charge in [0.2, 0.25) is 0 Å². The van der Waals surface area contributed by atoms with Gasteiger partial charge in [0.05, 0.1) is 19.8 Å². The summed E-state index contributed by atoms with van der Waals surface area (Å²) in [5, 5.41) is 0. The minimum Gasteiger partial charge on any atom is -0.497 e. The first kappa shape index (κ1) is 26.7. The van der Waals surface area contributed by atoms with E-state index in [1.54, 1.807) is 32.4 Å². The Balaban J connectivity index is 1.58. The molecule has 1 saturated heterocycles. The van der Waals surface area contributed by atoms with Crippen LogP contribution in [0.5, 0.6) is 11.5 Å². The van der Waals surface area contributed by atoms with Gasteiger partial charge in [0.15, 0.2) is 0 Å². The Bertz CT molecular complexity index is 1160. The molecule has 1 heterocycles. The van der Waals surface area contributed by atoms with Crippen molar-refractivity contribution in [1.29, 1.82) is 0 Å². The molecule has 0 saturated carbocycles. The fraction of sp³-hybridized carbons (Fsp3) is 0.387. The van der Waals surface area contributed by atoms with E-state index in [-0.39, 0.29) is 29.2 Å². The van der Waals surface area contributed by atoms with E-state index < -0.39 is 5.82 Å². The van der Waals surface area contributed by atoms with Gasteiger partial charge in [-0.05, 0) is 59.4 Å². The highest BCUT2D eigenvalue weighted by Crippen LogP contribution is 2.35. The number of hydrogen-bond acceptors (Lipinski definition) is 4. The van der Waals surface area contributed by atoms with Crippen LogP contribution < -0.4 is 9.47 Å². The number of rotatable bonds is 10. The maximum atomic E-state index is 14.5. The fourth-order valence-corrected chi connectivity index (χ4v) is 5.26. The van der Waals surface area contributed by atoms with Crippen LogP contribution in [-0.2, 0) is 6.54 Å². The van der Waals surface area contributed by atoms with Crippen LogP contribution in [0.4, 0.5) is 4.39 Å². The topological polar surface area (TPSA) is 42.0 Å². The largest absolute Gasteiger partial charge is 0.497 e. The predicted molar refractivity (Wildman–Crippen MR) is 145 cm³/mol. The van der Waals surface area contributed by atoms with Crippen LogP contribution >= 0.6 is 0 Å². The number of nitrogens with zero attached hydrogens (tertiary/aromatic N) is 2. The highest BCUT2D eigenvalue weighted by molar-refractivity contribution is 5.94. The van der Waals surface area contributed by atoms with Crippen LogP contribution in [0.1, 0.15) is 41.3 Å². The molecular weight excluding hydrogens is 467 g/mol. The minimum absolute atomic E-state index is 0.136. The molecule has 0 N–H and O–H groups in total. The van der Waals surface area contributed by atoms with Crippen molar-refractivity contribution in [2.75, 3.05) is 40.4 Å². The summed E-state index contributed by atoms with van der Waals surface area (Å²) >= 11 is 0. The van der Waals surface area contributed by atoms with Crippen LogP contribution in [0, 0.1) is 17.7 Å². The van der Waals surface area contributed by atoms with E-state index in [0.717, 1.165) is 31.1 Å². The van der Waals surface area contributed by atoms with Gasteiger partial charge in [0.25, 0.3) is 5.91 Å². The number of carbonyl (C=O) groups excluding carboxylic acids is 1. The van der Waals surface area contributed by atoms with Crippen molar-refractivity contribution < 1.29 is 18.7 Å². The Morgan fingerprint density at radius 3 is 2.16 bits per heavy atom. The van der Waals surface area contributed by atoms with Gasteiger partial charge < -0.3 is 14.4 Å². The molecule has 1 amide bonds.